The van der Waals surface area contributed by atoms with Crippen molar-refractivity contribution < 1.29 is 19.4 Å². The van der Waals surface area contributed by atoms with Gasteiger partial charge in [-0.15, -0.1) is 0 Å². The Labute approximate surface area is 199 Å². The lowest BCUT2D eigenvalue weighted by Crippen LogP contribution is -2.50. The Bertz CT molecular complexity index is 1220. The molecule has 0 spiro atoms. The first kappa shape index (κ1) is 21.8. The van der Waals surface area contributed by atoms with Crippen LogP contribution in [0.2, 0.25) is 0 Å². The van der Waals surface area contributed by atoms with E-state index in [1.807, 2.05) is 12.1 Å². The molecule has 6 heteroatoms. The lowest BCUT2D eigenvalue weighted by molar-refractivity contribution is -0.163. The van der Waals surface area contributed by atoms with Gasteiger partial charge in [0.1, 0.15) is 6.23 Å². The maximum atomic E-state index is 13.0. The Morgan fingerprint density at radius 1 is 1.21 bits per heavy atom. The molecule has 3 aromatic rings. The molecule has 2 aliphatic heterocycles. The molecular weight excluding hydrogens is 428 g/mol. The van der Waals surface area contributed by atoms with Gasteiger partial charge in [-0.2, -0.15) is 0 Å². The molecule has 6 rings (SSSR count). The summed E-state index contributed by atoms with van der Waals surface area (Å²) in [6.07, 6.45) is 2.92. The van der Waals surface area contributed by atoms with Crippen LogP contribution in [0.25, 0.3) is 10.9 Å². The number of piperidine rings is 1. The van der Waals surface area contributed by atoms with Crippen molar-refractivity contribution in [1.82, 2.24) is 9.88 Å². The van der Waals surface area contributed by atoms with Gasteiger partial charge in [0.05, 0.1) is 31.2 Å². The fourth-order valence-corrected chi connectivity index (χ4v) is 6.91. The molecule has 2 fully saturated rings. The van der Waals surface area contributed by atoms with Crippen molar-refractivity contribution in [3.05, 3.63) is 70.9 Å². The Kier molecular flexibility index (Phi) is 5.47. The Morgan fingerprint density at radius 2 is 2.00 bits per heavy atom. The number of carbonyl (C=O) groups excluding carboxylic acids is 1. The largest absolute Gasteiger partial charge is 0.469 e. The van der Waals surface area contributed by atoms with Gasteiger partial charge in [0, 0.05) is 35.5 Å². The summed E-state index contributed by atoms with van der Waals surface area (Å²) in [6, 6.07) is 17.0. The number of aromatic nitrogens is 1. The Balaban J connectivity index is 1.52. The first-order chi connectivity index (χ1) is 16.7. The van der Waals surface area contributed by atoms with Crippen molar-refractivity contribution in [2.75, 3.05) is 13.7 Å². The standard InChI is InChI=1S/C28H32N2O4/c1-3-17-21(28(32)33-2)15-23(25-20(12-13-31)19-10-6-7-11-22(19)29-25)30-26-18-9-5-4-8-16(18)14-24(26)34-27(17)30/h4-11,17,21,23-24,26-27,29,31H,3,12-15H2,1-2H3/t17-,21+,23+,24-,26+,27-/m1/s1. The maximum Gasteiger partial charge on any atom is 0.309 e. The molecule has 6 nitrogen and oxygen atoms in total. The number of ether oxygens (including phenoxy) is 2. The summed E-state index contributed by atoms with van der Waals surface area (Å²) in [5, 5.41) is 11.1. The summed E-state index contributed by atoms with van der Waals surface area (Å²) in [6.45, 7) is 2.22. The van der Waals surface area contributed by atoms with Gasteiger partial charge < -0.3 is 19.6 Å². The second kappa shape index (κ2) is 8.52. The van der Waals surface area contributed by atoms with Gasteiger partial charge in [-0.3, -0.25) is 9.69 Å². The van der Waals surface area contributed by atoms with E-state index in [0.29, 0.717) is 12.8 Å². The van der Waals surface area contributed by atoms with Gasteiger partial charge in [0.25, 0.3) is 0 Å². The van der Waals surface area contributed by atoms with Crippen LogP contribution in [0.5, 0.6) is 0 Å². The van der Waals surface area contributed by atoms with Crippen molar-refractivity contribution in [3.63, 3.8) is 0 Å². The van der Waals surface area contributed by atoms with Crippen molar-refractivity contribution in [2.24, 2.45) is 11.8 Å². The van der Waals surface area contributed by atoms with Gasteiger partial charge in [0.2, 0.25) is 0 Å². The quantitative estimate of drug-likeness (QED) is 0.556. The lowest BCUT2D eigenvalue weighted by atomic mass is 9.77. The van der Waals surface area contributed by atoms with Crippen LogP contribution in [0, 0.1) is 11.8 Å². The number of rotatable bonds is 5. The van der Waals surface area contributed by atoms with Crippen molar-refractivity contribution in [2.45, 2.75) is 57.0 Å². The van der Waals surface area contributed by atoms with Crippen LogP contribution in [-0.4, -0.2) is 47.0 Å². The summed E-state index contributed by atoms with van der Waals surface area (Å²) >= 11 is 0. The summed E-state index contributed by atoms with van der Waals surface area (Å²) in [7, 11) is 1.48. The van der Waals surface area contributed by atoms with E-state index in [4.69, 9.17) is 9.47 Å². The molecule has 1 aromatic heterocycles. The fraction of sp³-hybridized carbons (Fsp3) is 0.464. The molecule has 0 radical (unpaired) electrons. The van der Waals surface area contributed by atoms with E-state index in [-0.39, 0.29) is 48.8 Å². The van der Waals surface area contributed by atoms with Gasteiger partial charge in [0.15, 0.2) is 0 Å². The average molecular weight is 461 g/mol. The van der Waals surface area contributed by atoms with E-state index < -0.39 is 0 Å². The predicted molar refractivity (Wildman–Crippen MR) is 129 cm³/mol. The number of carbonyl (C=O) groups is 1. The zero-order valence-corrected chi connectivity index (χ0v) is 19.7. The van der Waals surface area contributed by atoms with E-state index >= 15 is 0 Å². The number of esters is 1. The van der Waals surface area contributed by atoms with E-state index in [9.17, 15) is 9.90 Å². The van der Waals surface area contributed by atoms with Crippen molar-refractivity contribution in [1.29, 1.82) is 0 Å². The smallest absolute Gasteiger partial charge is 0.309 e. The first-order valence-corrected chi connectivity index (χ1v) is 12.4. The number of fused-ring (bicyclic) bond motifs is 6. The number of benzene rings is 2. The van der Waals surface area contributed by atoms with Crippen LogP contribution in [0.4, 0.5) is 0 Å². The lowest BCUT2D eigenvalue weighted by Gasteiger charge is -2.46. The minimum absolute atomic E-state index is 0.0352. The number of methoxy groups -OCH3 is 1. The second-order valence-corrected chi connectivity index (χ2v) is 9.85. The van der Waals surface area contributed by atoms with Crippen LogP contribution < -0.4 is 0 Å². The van der Waals surface area contributed by atoms with E-state index in [0.717, 1.165) is 35.0 Å². The molecular formula is C28H32N2O4. The van der Waals surface area contributed by atoms with Gasteiger partial charge >= 0.3 is 5.97 Å². The zero-order valence-electron chi connectivity index (χ0n) is 19.7. The molecule has 2 N–H and O–H groups in total. The second-order valence-electron chi connectivity index (χ2n) is 9.85. The number of aliphatic hydroxyl groups is 1. The topological polar surface area (TPSA) is 74.8 Å². The van der Waals surface area contributed by atoms with Crippen molar-refractivity contribution in [3.8, 4) is 0 Å². The van der Waals surface area contributed by atoms with Gasteiger partial charge in [-0.1, -0.05) is 49.4 Å². The third-order valence-electron chi connectivity index (χ3n) is 8.31. The number of hydrogen-bond acceptors (Lipinski definition) is 5. The highest BCUT2D eigenvalue weighted by Gasteiger charge is 2.58. The SMILES string of the molecule is CC[C@@H]1[C@@H](C(=O)OC)C[C@@H](c2[nH]c3ccccc3c2CCO)N2[C@@H]1O[C@@H]1Cc3ccccc3[C@@H]12. The highest BCUT2D eigenvalue weighted by molar-refractivity contribution is 5.85. The van der Waals surface area contributed by atoms with E-state index in [1.54, 1.807) is 0 Å². The fourth-order valence-electron chi connectivity index (χ4n) is 6.91. The molecule has 0 amide bonds. The van der Waals surface area contributed by atoms with Crippen LogP contribution in [0.3, 0.4) is 0 Å². The minimum atomic E-state index is -0.233. The van der Waals surface area contributed by atoms with Crippen molar-refractivity contribution >= 4 is 16.9 Å². The predicted octanol–water partition coefficient (Wildman–Crippen LogP) is 4.29. The molecule has 0 saturated carbocycles. The molecule has 0 bridgehead atoms. The molecule has 2 saturated heterocycles. The van der Waals surface area contributed by atoms with E-state index in [2.05, 4.69) is 53.2 Å². The maximum absolute atomic E-state index is 13.0. The molecule has 6 atom stereocenters. The average Bonchev–Trinajstić information content (AvgIpc) is 3.53. The Morgan fingerprint density at radius 3 is 2.79 bits per heavy atom. The van der Waals surface area contributed by atoms with Crippen LogP contribution >= 0.6 is 0 Å². The zero-order chi connectivity index (χ0) is 23.4. The minimum Gasteiger partial charge on any atom is -0.469 e. The van der Waals surface area contributed by atoms with Gasteiger partial charge in [-0.05, 0) is 42.0 Å². The molecule has 34 heavy (non-hydrogen) atoms. The third-order valence-corrected chi connectivity index (χ3v) is 8.31. The summed E-state index contributed by atoms with van der Waals surface area (Å²) in [5.74, 6) is -0.312. The molecule has 3 heterocycles. The Hall–Kier alpha value is -2.67. The molecule has 0 unspecified atom stereocenters. The number of nitrogens with one attached hydrogen (secondary N) is 1. The molecule has 1 aliphatic carbocycles. The molecule has 3 aliphatic rings. The number of hydrogen-bond donors (Lipinski definition) is 2. The van der Waals surface area contributed by atoms with Crippen LogP contribution in [0.1, 0.15) is 54.2 Å². The monoisotopic (exact) mass is 460 g/mol. The molecule has 2 aromatic carbocycles. The highest BCUT2D eigenvalue weighted by atomic mass is 16.5. The summed E-state index contributed by atoms with van der Waals surface area (Å²) < 4.78 is 12.1. The van der Waals surface area contributed by atoms with E-state index in [1.165, 1.54) is 18.2 Å². The number of H-pyrrole nitrogens is 1. The first-order valence-electron chi connectivity index (χ1n) is 12.4. The number of aromatic amines is 1. The highest BCUT2D eigenvalue weighted by Crippen LogP contribution is 2.56. The third kappa shape index (κ3) is 3.16. The molecule has 178 valence electrons. The number of para-hydroxylation sites is 1. The number of aliphatic hydroxyl groups excluding tert-OH is 1. The van der Waals surface area contributed by atoms with Crippen LogP contribution in [-0.2, 0) is 27.1 Å². The van der Waals surface area contributed by atoms with Crippen LogP contribution in [0.15, 0.2) is 48.5 Å². The summed E-state index contributed by atoms with van der Waals surface area (Å²) in [5.41, 5.74) is 5.98. The number of nitrogens with zero attached hydrogens (tertiary/aromatic N) is 1. The normalized spacial score (nSPS) is 30.2. The van der Waals surface area contributed by atoms with Gasteiger partial charge in [-0.25, -0.2) is 0 Å². The summed E-state index contributed by atoms with van der Waals surface area (Å²) in [4.78, 5) is 19.2.